The zero-order chi connectivity index (χ0) is 13.8. The van der Waals surface area contributed by atoms with E-state index in [2.05, 4.69) is 10.0 Å². The van der Waals surface area contributed by atoms with E-state index in [1.54, 1.807) is 6.07 Å². The first kappa shape index (κ1) is 14.3. The van der Waals surface area contributed by atoms with Gasteiger partial charge in [-0.05, 0) is 18.2 Å². The molecule has 7 nitrogen and oxygen atoms in total. The average molecular weight is 273 g/mol. The highest BCUT2D eigenvalue weighted by Crippen LogP contribution is 2.19. The molecule has 0 spiro atoms. The number of benzene rings is 1. The number of sulfonamides is 1. The molecule has 0 amide bonds. The van der Waals surface area contributed by atoms with Crippen LogP contribution in [0.1, 0.15) is 10.4 Å². The summed E-state index contributed by atoms with van der Waals surface area (Å²) in [5.74, 6) is -1.05. The van der Waals surface area contributed by atoms with Crippen molar-refractivity contribution in [2.75, 3.05) is 30.4 Å². The van der Waals surface area contributed by atoms with Gasteiger partial charge in [0, 0.05) is 13.1 Å². The molecule has 0 saturated heterocycles. The van der Waals surface area contributed by atoms with Crippen molar-refractivity contribution in [2.45, 2.75) is 0 Å². The lowest BCUT2D eigenvalue weighted by Crippen LogP contribution is -2.27. The molecule has 0 aliphatic rings. The van der Waals surface area contributed by atoms with E-state index in [0.717, 1.165) is 6.26 Å². The van der Waals surface area contributed by atoms with Crippen molar-refractivity contribution in [2.24, 2.45) is 0 Å². The third kappa shape index (κ3) is 4.60. The molecule has 0 bridgehead atoms. The number of aromatic carboxylic acids is 1. The zero-order valence-electron chi connectivity index (χ0n) is 9.80. The molecule has 0 aliphatic carbocycles. The minimum absolute atomic E-state index is 0.104. The number of nitrogen functional groups attached to an aromatic ring is 1. The van der Waals surface area contributed by atoms with Crippen LogP contribution in [0.25, 0.3) is 0 Å². The summed E-state index contributed by atoms with van der Waals surface area (Å²) in [7, 11) is -3.21. The van der Waals surface area contributed by atoms with Crippen LogP contribution in [0.2, 0.25) is 0 Å². The van der Waals surface area contributed by atoms with Crippen LogP contribution < -0.4 is 15.8 Å². The predicted molar refractivity (Wildman–Crippen MR) is 69.1 cm³/mol. The fourth-order valence-corrected chi connectivity index (χ4v) is 1.76. The third-order valence-corrected chi connectivity index (χ3v) is 2.83. The molecule has 100 valence electrons. The van der Waals surface area contributed by atoms with E-state index in [0.29, 0.717) is 17.9 Å². The van der Waals surface area contributed by atoms with Gasteiger partial charge >= 0.3 is 5.97 Å². The molecule has 0 aliphatic heterocycles. The molecule has 8 heteroatoms. The van der Waals surface area contributed by atoms with Crippen LogP contribution in [0.5, 0.6) is 0 Å². The van der Waals surface area contributed by atoms with Crippen molar-refractivity contribution in [1.82, 2.24) is 4.72 Å². The van der Waals surface area contributed by atoms with Gasteiger partial charge in [-0.3, -0.25) is 0 Å². The number of carboxylic acid groups (broad SMARTS) is 1. The van der Waals surface area contributed by atoms with Gasteiger partial charge in [0.15, 0.2) is 0 Å². The second-order valence-corrected chi connectivity index (χ2v) is 5.53. The summed E-state index contributed by atoms with van der Waals surface area (Å²) >= 11 is 0. The van der Waals surface area contributed by atoms with Gasteiger partial charge in [-0.2, -0.15) is 0 Å². The maximum Gasteiger partial charge on any atom is 0.335 e. The van der Waals surface area contributed by atoms with Crippen LogP contribution in [0.15, 0.2) is 18.2 Å². The average Bonchev–Trinajstić information content (AvgIpc) is 2.24. The zero-order valence-corrected chi connectivity index (χ0v) is 10.6. The smallest absolute Gasteiger partial charge is 0.335 e. The topological polar surface area (TPSA) is 122 Å². The lowest BCUT2D eigenvalue weighted by atomic mass is 10.2. The highest BCUT2D eigenvalue weighted by molar-refractivity contribution is 7.88. The Morgan fingerprint density at radius 2 is 2.06 bits per heavy atom. The van der Waals surface area contributed by atoms with Crippen molar-refractivity contribution in [3.05, 3.63) is 23.8 Å². The van der Waals surface area contributed by atoms with Gasteiger partial charge in [-0.15, -0.1) is 0 Å². The number of nitrogens with two attached hydrogens (primary N) is 1. The van der Waals surface area contributed by atoms with Gasteiger partial charge in [-0.25, -0.2) is 17.9 Å². The van der Waals surface area contributed by atoms with Crippen molar-refractivity contribution >= 4 is 27.4 Å². The van der Waals surface area contributed by atoms with Gasteiger partial charge in [0.25, 0.3) is 0 Å². The van der Waals surface area contributed by atoms with Gasteiger partial charge in [0.05, 0.1) is 23.2 Å². The maximum atomic E-state index is 10.8. The summed E-state index contributed by atoms with van der Waals surface area (Å²) in [5, 5.41) is 11.7. The highest BCUT2D eigenvalue weighted by atomic mass is 32.2. The largest absolute Gasteiger partial charge is 0.478 e. The summed E-state index contributed by atoms with van der Waals surface area (Å²) in [4.78, 5) is 10.7. The molecule has 0 unspecified atom stereocenters. The normalized spacial score (nSPS) is 11.2. The standard InChI is InChI=1S/C10H15N3O4S/c1-18(16,17)13-5-4-12-9-3-2-7(10(14)15)6-8(9)11/h2-3,6,12-13H,4-5,11H2,1H3,(H,14,15). The Balaban J connectivity index is 2.56. The third-order valence-electron chi connectivity index (χ3n) is 2.10. The Morgan fingerprint density at radius 1 is 1.39 bits per heavy atom. The van der Waals surface area contributed by atoms with Crippen LogP contribution in [-0.4, -0.2) is 38.8 Å². The van der Waals surface area contributed by atoms with Gasteiger partial charge in [-0.1, -0.05) is 0 Å². The van der Waals surface area contributed by atoms with Crippen LogP contribution in [0, 0.1) is 0 Å². The Labute approximate surface area is 105 Å². The second kappa shape index (κ2) is 5.69. The van der Waals surface area contributed by atoms with E-state index in [4.69, 9.17) is 10.8 Å². The van der Waals surface area contributed by atoms with E-state index in [1.165, 1.54) is 12.1 Å². The molecule has 0 saturated carbocycles. The lowest BCUT2D eigenvalue weighted by Gasteiger charge is -2.10. The van der Waals surface area contributed by atoms with E-state index in [9.17, 15) is 13.2 Å². The van der Waals surface area contributed by atoms with Crippen LogP contribution in [0.4, 0.5) is 11.4 Å². The number of anilines is 2. The fraction of sp³-hybridized carbons (Fsp3) is 0.300. The number of carbonyl (C=O) groups is 1. The quantitative estimate of drug-likeness (QED) is 0.425. The molecule has 0 fully saturated rings. The van der Waals surface area contributed by atoms with E-state index >= 15 is 0 Å². The number of rotatable bonds is 6. The number of carboxylic acids is 1. The summed E-state index contributed by atoms with van der Waals surface area (Å²) < 4.78 is 23.9. The minimum atomic E-state index is -3.21. The predicted octanol–water partition coefficient (Wildman–Crippen LogP) is -0.0719. The number of hydrogen-bond donors (Lipinski definition) is 4. The highest BCUT2D eigenvalue weighted by Gasteiger charge is 2.06. The van der Waals surface area contributed by atoms with E-state index in [-0.39, 0.29) is 12.1 Å². The first-order valence-corrected chi connectivity index (χ1v) is 7.00. The molecule has 1 aromatic carbocycles. The molecule has 18 heavy (non-hydrogen) atoms. The molecule has 0 aromatic heterocycles. The maximum absolute atomic E-state index is 10.8. The van der Waals surface area contributed by atoms with Crippen LogP contribution in [0.3, 0.4) is 0 Å². The molecule has 0 atom stereocenters. The van der Waals surface area contributed by atoms with E-state index in [1.807, 2.05) is 0 Å². The minimum Gasteiger partial charge on any atom is -0.478 e. The first-order chi connectivity index (χ1) is 8.29. The molecular formula is C10H15N3O4S. The van der Waals surface area contributed by atoms with Gasteiger partial charge < -0.3 is 16.2 Å². The molecular weight excluding hydrogens is 258 g/mol. The molecule has 0 heterocycles. The number of nitrogens with one attached hydrogen (secondary N) is 2. The molecule has 0 radical (unpaired) electrons. The Morgan fingerprint density at radius 3 is 2.56 bits per heavy atom. The SMILES string of the molecule is CS(=O)(=O)NCCNc1ccc(C(=O)O)cc1N. The molecule has 1 rings (SSSR count). The Hall–Kier alpha value is -1.80. The van der Waals surface area contributed by atoms with Crippen molar-refractivity contribution in [3.8, 4) is 0 Å². The monoisotopic (exact) mass is 273 g/mol. The van der Waals surface area contributed by atoms with Crippen LogP contribution >= 0.6 is 0 Å². The van der Waals surface area contributed by atoms with Crippen molar-refractivity contribution in [1.29, 1.82) is 0 Å². The van der Waals surface area contributed by atoms with Gasteiger partial charge in [0.1, 0.15) is 0 Å². The fourth-order valence-electron chi connectivity index (χ4n) is 1.29. The summed E-state index contributed by atoms with van der Waals surface area (Å²) in [5.41, 5.74) is 6.63. The summed E-state index contributed by atoms with van der Waals surface area (Å²) in [6, 6.07) is 4.30. The second-order valence-electron chi connectivity index (χ2n) is 3.70. The lowest BCUT2D eigenvalue weighted by molar-refractivity contribution is 0.0697. The Kier molecular flexibility index (Phi) is 4.51. The van der Waals surface area contributed by atoms with Crippen molar-refractivity contribution in [3.63, 3.8) is 0 Å². The number of hydrogen-bond acceptors (Lipinski definition) is 5. The van der Waals surface area contributed by atoms with Crippen molar-refractivity contribution < 1.29 is 18.3 Å². The molecule has 1 aromatic rings. The van der Waals surface area contributed by atoms with Crippen LogP contribution in [-0.2, 0) is 10.0 Å². The Bertz CT molecular complexity index is 542. The van der Waals surface area contributed by atoms with E-state index < -0.39 is 16.0 Å². The summed E-state index contributed by atoms with van der Waals surface area (Å²) in [6.07, 6.45) is 1.07. The van der Waals surface area contributed by atoms with Gasteiger partial charge in [0.2, 0.25) is 10.0 Å². The first-order valence-electron chi connectivity index (χ1n) is 5.11. The molecule has 5 N–H and O–H groups in total. The summed E-state index contributed by atoms with van der Waals surface area (Å²) in [6.45, 7) is 0.572.